The summed E-state index contributed by atoms with van der Waals surface area (Å²) in [7, 11) is 0. The second kappa shape index (κ2) is 8.73. The molecule has 0 amide bonds. The molecule has 4 heteroatoms. The first-order valence-corrected chi connectivity index (χ1v) is 7.46. The first-order chi connectivity index (χ1) is 9.10. The Kier molecular flexibility index (Phi) is 7.67. The summed E-state index contributed by atoms with van der Waals surface area (Å²) in [5, 5.41) is 1.52. The van der Waals surface area contributed by atoms with Crippen molar-refractivity contribution in [3.8, 4) is 0 Å². The fraction of sp³-hybridized carbons (Fsp3) is 0.400. The summed E-state index contributed by atoms with van der Waals surface area (Å²) in [5.41, 5.74) is 0.701. The first-order valence-electron chi connectivity index (χ1n) is 6.33. The van der Waals surface area contributed by atoms with Crippen LogP contribution in [0, 0.1) is 6.92 Å². The van der Waals surface area contributed by atoms with Gasteiger partial charge in [-0.2, -0.15) is 0 Å². The molecule has 1 aromatic carbocycles. The lowest BCUT2D eigenvalue weighted by atomic mass is 10.1. The van der Waals surface area contributed by atoms with Crippen molar-refractivity contribution in [2.24, 2.45) is 0 Å². The number of unbranched alkanes of at least 4 members (excludes halogenated alkanes) is 3. The summed E-state index contributed by atoms with van der Waals surface area (Å²) in [6.07, 6.45) is 6.06. The molecule has 0 N–H and O–H groups in total. The van der Waals surface area contributed by atoms with Gasteiger partial charge in [0.25, 0.3) is 0 Å². The monoisotopic (exact) mass is 319 g/mol. The second-order valence-electron chi connectivity index (χ2n) is 4.16. The Bertz CT molecular complexity index is 418. The van der Waals surface area contributed by atoms with E-state index >= 15 is 0 Å². The molecule has 0 saturated heterocycles. The van der Waals surface area contributed by atoms with Gasteiger partial charge >= 0.3 is 0 Å². The average Bonchev–Trinajstić information content (AvgIpc) is 2.35. The zero-order valence-electron chi connectivity index (χ0n) is 11.0. The van der Waals surface area contributed by atoms with Gasteiger partial charge in [-0.05, 0) is 31.6 Å². The molecule has 0 heterocycles. The molecular formula is C15H18Cl3O. The summed E-state index contributed by atoms with van der Waals surface area (Å²) in [5.74, 6) is 0.696. The maximum absolute atomic E-state index is 6.17. The zero-order chi connectivity index (χ0) is 14.3. The van der Waals surface area contributed by atoms with Crippen LogP contribution in [0.25, 0.3) is 5.76 Å². The Balaban J connectivity index is 2.71. The highest BCUT2D eigenvalue weighted by Gasteiger charge is 2.13. The van der Waals surface area contributed by atoms with Crippen LogP contribution in [0.15, 0.2) is 18.2 Å². The Hall–Kier alpha value is -0.370. The minimum Gasteiger partial charge on any atom is -0.493 e. The molecule has 0 aromatic heterocycles. The lowest BCUT2D eigenvalue weighted by Crippen LogP contribution is -1.97. The van der Waals surface area contributed by atoms with E-state index in [2.05, 4.69) is 6.92 Å². The third kappa shape index (κ3) is 5.25. The summed E-state index contributed by atoms with van der Waals surface area (Å²) in [6.45, 7) is 6.36. The maximum atomic E-state index is 6.17. The summed E-state index contributed by atoms with van der Waals surface area (Å²) in [6, 6.07) is 3.33. The van der Waals surface area contributed by atoms with E-state index in [0.29, 0.717) is 33.0 Å². The van der Waals surface area contributed by atoms with Crippen LogP contribution in [-0.2, 0) is 4.74 Å². The van der Waals surface area contributed by atoms with Crippen LogP contribution in [0.5, 0.6) is 0 Å². The molecule has 19 heavy (non-hydrogen) atoms. The number of ether oxygens (including phenoxy) is 1. The minimum atomic E-state index is 0.503. The van der Waals surface area contributed by atoms with Gasteiger partial charge in [-0.1, -0.05) is 61.0 Å². The lowest BCUT2D eigenvalue weighted by Gasteiger charge is -2.13. The van der Waals surface area contributed by atoms with Crippen molar-refractivity contribution in [1.29, 1.82) is 0 Å². The predicted molar refractivity (Wildman–Crippen MR) is 84.9 cm³/mol. The molecule has 0 saturated carbocycles. The molecule has 0 aliphatic heterocycles. The molecule has 0 fully saturated rings. The molecule has 1 nitrogen and oxygen atoms in total. The summed E-state index contributed by atoms with van der Waals surface area (Å²) < 4.78 is 5.75. The Labute approximate surface area is 130 Å². The van der Waals surface area contributed by atoms with Crippen LogP contribution >= 0.6 is 34.8 Å². The van der Waals surface area contributed by atoms with Crippen LogP contribution in [0.3, 0.4) is 0 Å². The third-order valence-corrected chi connectivity index (χ3v) is 3.48. The average molecular weight is 321 g/mol. The van der Waals surface area contributed by atoms with Gasteiger partial charge in [-0.25, -0.2) is 0 Å². The SMILES string of the molecule is [CH2]CCCCCOC(=CC)c1c(Cl)cc(Cl)cc1Cl. The normalized spacial score (nSPS) is 11.7. The molecule has 0 atom stereocenters. The van der Waals surface area contributed by atoms with Crippen molar-refractivity contribution < 1.29 is 4.74 Å². The van der Waals surface area contributed by atoms with E-state index < -0.39 is 0 Å². The van der Waals surface area contributed by atoms with Gasteiger partial charge in [0.15, 0.2) is 0 Å². The van der Waals surface area contributed by atoms with Crippen LogP contribution < -0.4 is 0 Å². The van der Waals surface area contributed by atoms with Gasteiger partial charge in [0.05, 0.1) is 22.2 Å². The molecule has 0 bridgehead atoms. The van der Waals surface area contributed by atoms with Gasteiger partial charge in [0.1, 0.15) is 5.76 Å². The highest BCUT2D eigenvalue weighted by Crippen LogP contribution is 2.34. The highest BCUT2D eigenvalue weighted by atomic mass is 35.5. The van der Waals surface area contributed by atoms with Crippen LogP contribution in [0.1, 0.15) is 38.2 Å². The molecule has 0 aliphatic rings. The fourth-order valence-electron chi connectivity index (χ4n) is 1.72. The number of allylic oxidation sites excluding steroid dienone is 1. The van der Waals surface area contributed by atoms with E-state index in [1.54, 1.807) is 12.1 Å². The van der Waals surface area contributed by atoms with Gasteiger partial charge < -0.3 is 4.74 Å². The third-order valence-electron chi connectivity index (χ3n) is 2.67. The second-order valence-corrected chi connectivity index (χ2v) is 5.41. The maximum Gasteiger partial charge on any atom is 0.125 e. The first kappa shape index (κ1) is 16.7. The fourth-order valence-corrected chi connectivity index (χ4v) is 2.72. The highest BCUT2D eigenvalue weighted by molar-refractivity contribution is 6.40. The smallest absolute Gasteiger partial charge is 0.125 e. The zero-order valence-corrected chi connectivity index (χ0v) is 13.3. The van der Waals surface area contributed by atoms with Crippen molar-refractivity contribution in [2.75, 3.05) is 6.61 Å². The quantitative estimate of drug-likeness (QED) is 0.416. The molecule has 1 aromatic rings. The minimum absolute atomic E-state index is 0.503. The number of hydrogen-bond acceptors (Lipinski definition) is 1. The van der Waals surface area contributed by atoms with Crippen LogP contribution in [-0.4, -0.2) is 6.61 Å². The van der Waals surface area contributed by atoms with Gasteiger partial charge in [-0.3, -0.25) is 0 Å². The molecule has 105 valence electrons. The molecule has 1 radical (unpaired) electrons. The Morgan fingerprint density at radius 2 is 1.79 bits per heavy atom. The predicted octanol–water partition coefficient (Wildman–Crippen LogP) is 6.42. The van der Waals surface area contributed by atoms with Crippen molar-refractivity contribution in [1.82, 2.24) is 0 Å². The van der Waals surface area contributed by atoms with Crippen molar-refractivity contribution in [3.63, 3.8) is 0 Å². The summed E-state index contributed by atoms with van der Waals surface area (Å²) in [4.78, 5) is 0. The van der Waals surface area contributed by atoms with Gasteiger partial charge in [-0.15, -0.1) is 0 Å². The van der Waals surface area contributed by atoms with Crippen molar-refractivity contribution in [3.05, 3.63) is 45.8 Å². The van der Waals surface area contributed by atoms with Gasteiger partial charge in [0, 0.05) is 5.02 Å². The molecular weight excluding hydrogens is 303 g/mol. The number of benzene rings is 1. The number of rotatable bonds is 7. The van der Waals surface area contributed by atoms with E-state index in [9.17, 15) is 0 Å². The molecule has 0 aliphatic carbocycles. The standard InChI is InChI=1S/C15H18Cl3O/c1-3-5-6-7-8-19-14(4-2)15-12(17)9-11(16)10-13(15)18/h4,9-10H,1,3,5-8H2,2H3. The van der Waals surface area contributed by atoms with Crippen molar-refractivity contribution >= 4 is 40.6 Å². The Morgan fingerprint density at radius 3 is 2.32 bits per heavy atom. The largest absolute Gasteiger partial charge is 0.493 e. The molecule has 0 spiro atoms. The molecule has 1 rings (SSSR count). The summed E-state index contributed by atoms with van der Waals surface area (Å²) >= 11 is 18.2. The number of halogens is 3. The topological polar surface area (TPSA) is 9.23 Å². The Morgan fingerprint density at radius 1 is 1.16 bits per heavy atom. The van der Waals surface area contributed by atoms with E-state index in [0.717, 1.165) is 25.7 Å². The van der Waals surface area contributed by atoms with E-state index in [1.165, 1.54) is 0 Å². The van der Waals surface area contributed by atoms with Crippen molar-refractivity contribution in [2.45, 2.75) is 32.6 Å². The lowest BCUT2D eigenvalue weighted by molar-refractivity contribution is 0.266. The van der Waals surface area contributed by atoms with Gasteiger partial charge in [0.2, 0.25) is 0 Å². The van der Waals surface area contributed by atoms with E-state index in [4.69, 9.17) is 39.5 Å². The van der Waals surface area contributed by atoms with Crippen LogP contribution in [0.4, 0.5) is 0 Å². The van der Waals surface area contributed by atoms with Crippen LogP contribution in [0.2, 0.25) is 15.1 Å². The number of hydrogen-bond donors (Lipinski definition) is 0. The molecule has 0 unspecified atom stereocenters. The van der Waals surface area contributed by atoms with E-state index in [1.807, 2.05) is 13.0 Å². The van der Waals surface area contributed by atoms with E-state index in [-0.39, 0.29) is 0 Å².